The highest BCUT2D eigenvalue weighted by molar-refractivity contribution is 9.10. The van der Waals surface area contributed by atoms with E-state index in [1.165, 1.54) is 13.0 Å². The van der Waals surface area contributed by atoms with Crippen LogP contribution in [0.15, 0.2) is 45.5 Å². The second-order valence-corrected chi connectivity index (χ2v) is 8.97. The standard InChI is InChI=1S/C16H14BrCl3N4O3S/c1-8(25)21-9-2-4-10(5-3-9)22-15(28)24-14(16(18,19)20)23-13(26)11-6-7-12(17)27-11/h2-7,14H,1H3,(H,21,25)(H,23,26)(H2,22,24,28)/t14-/m0/s1. The lowest BCUT2D eigenvalue weighted by Crippen LogP contribution is -2.56. The quantitative estimate of drug-likeness (QED) is 0.261. The molecule has 7 nitrogen and oxygen atoms in total. The number of thiocarbonyl (C=S) groups is 1. The van der Waals surface area contributed by atoms with Crippen LogP contribution in [0.5, 0.6) is 0 Å². The minimum Gasteiger partial charge on any atom is -0.444 e. The van der Waals surface area contributed by atoms with E-state index < -0.39 is 15.9 Å². The van der Waals surface area contributed by atoms with E-state index in [1.807, 2.05) is 0 Å². The molecule has 2 amide bonds. The Morgan fingerprint density at radius 1 is 1.04 bits per heavy atom. The molecule has 12 heteroatoms. The number of amides is 2. The number of carbonyl (C=O) groups excluding carboxylic acids is 2. The molecule has 1 heterocycles. The predicted octanol–water partition coefficient (Wildman–Crippen LogP) is 4.41. The van der Waals surface area contributed by atoms with Gasteiger partial charge in [0, 0.05) is 18.3 Å². The van der Waals surface area contributed by atoms with E-state index in [4.69, 9.17) is 51.4 Å². The van der Waals surface area contributed by atoms with Crippen LogP contribution in [0.2, 0.25) is 0 Å². The van der Waals surface area contributed by atoms with Gasteiger partial charge in [-0.25, -0.2) is 0 Å². The van der Waals surface area contributed by atoms with E-state index in [9.17, 15) is 9.59 Å². The van der Waals surface area contributed by atoms with Gasteiger partial charge in [-0.1, -0.05) is 34.8 Å². The zero-order valence-electron chi connectivity index (χ0n) is 14.2. The summed E-state index contributed by atoms with van der Waals surface area (Å²) in [5.41, 5.74) is 1.25. The van der Waals surface area contributed by atoms with Crippen molar-refractivity contribution in [3.8, 4) is 0 Å². The zero-order valence-corrected chi connectivity index (χ0v) is 18.9. The van der Waals surface area contributed by atoms with Crippen LogP contribution in [0.4, 0.5) is 11.4 Å². The highest BCUT2D eigenvalue weighted by Crippen LogP contribution is 2.29. The minimum absolute atomic E-state index is 0.0281. The van der Waals surface area contributed by atoms with E-state index in [0.717, 1.165) is 0 Å². The number of hydrogen-bond donors (Lipinski definition) is 4. The van der Waals surface area contributed by atoms with Gasteiger partial charge in [-0.05, 0) is 64.5 Å². The predicted molar refractivity (Wildman–Crippen MR) is 118 cm³/mol. The Hall–Kier alpha value is -1.52. The molecule has 4 N–H and O–H groups in total. The number of nitrogens with one attached hydrogen (secondary N) is 4. The van der Waals surface area contributed by atoms with Gasteiger partial charge in [0.2, 0.25) is 9.70 Å². The zero-order chi connectivity index (χ0) is 20.9. The maximum absolute atomic E-state index is 12.2. The van der Waals surface area contributed by atoms with Crippen LogP contribution < -0.4 is 21.3 Å². The fourth-order valence-corrected chi connectivity index (χ4v) is 2.85. The molecule has 2 aromatic rings. The van der Waals surface area contributed by atoms with Gasteiger partial charge in [-0.15, -0.1) is 0 Å². The molecular weight excluding hydrogens is 515 g/mol. The van der Waals surface area contributed by atoms with Crippen LogP contribution in [0.1, 0.15) is 17.5 Å². The molecule has 1 aromatic heterocycles. The van der Waals surface area contributed by atoms with Crippen molar-refractivity contribution in [3.05, 3.63) is 46.8 Å². The smallest absolute Gasteiger partial charge is 0.288 e. The van der Waals surface area contributed by atoms with Crippen molar-refractivity contribution < 1.29 is 14.0 Å². The summed E-state index contributed by atoms with van der Waals surface area (Å²) in [6, 6.07) is 9.79. The summed E-state index contributed by atoms with van der Waals surface area (Å²) in [5, 5.41) is 10.9. The number of furan rings is 1. The molecule has 2 rings (SSSR count). The molecule has 1 aromatic carbocycles. The van der Waals surface area contributed by atoms with Crippen molar-refractivity contribution in [1.29, 1.82) is 0 Å². The van der Waals surface area contributed by atoms with Crippen molar-refractivity contribution in [3.63, 3.8) is 0 Å². The molecule has 0 unspecified atom stereocenters. The van der Waals surface area contributed by atoms with Gasteiger partial charge in [0.15, 0.2) is 15.5 Å². The van der Waals surface area contributed by atoms with E-state index in [0.29, 0.717) is 16.0 Å². The Morgan fingerprint density at radius 3 is 2.07 bits per heavy atom. The van der Waals surface area contributed by atoms with Gasteiger partial charge in [-0.3, -0.25) is 9.59 Å². The number of anilines is 2. The first-order valence-electron chi connectivity index (χ1n) is 7.62. The third-order valence-electron chi connectivity index (χ3n) is 3.14. The van der Waals surface area contributed by atoms with E-state index in [2.05, 4.69) is 37.2 Å². The highest BCUT2D eigenvalue weighted by atomic mass is 79.9. The summed E-state index contributed by atoms with van der Waals surface area (Å²) in [5.74, 6) is -0.750. The number of carbonyl (C=O) groups is 2. The molecule has 0 aliphatic carbocycles. The molecule has 0 fully saturated rings. The Morgan fingerprint density at radius 2 is 1.61 bits per heavy atom. The lowest BCUT2D eigenvalue weighted by molar-refractivity contribution is -0.114. The Kier molecular flexibility index (Phi) is 7.97. The summed E-state index contributed by atoms with van der Waals surface area (Å²) < 4.78 is 3.65. The molecule has 0 bridgehead atoms. The summed E-state index contributed by atoms with van der Waals surface area (Å²) in [7, 11) is 0. The molecule has 0 saturated carbocycles. The number of hydrogen-bond acceptors (Lipinski definition) is 4. The van der Waals surface area contributed by atoms with Crippen molar-refractivity contribution in [1.82, 2.24) is 10.6 Å². The second-order valence-electron chi connectivity index (χ2n) is 5.41. The van der Waals surface area contributed by atoms with Crippen LogP contribution in [0.3, 0.4) is 0 Å². The van der Waals surface area contributed by atoms with Crippen molar-refractivity contribution >= 4 is 91.3 Å². The van der Waals surface area contributed by atoms with Gasteiger partial charge in [0.25, 0.3) is 5.91 Å². The van der Waals surface area contributed by atoms with Crippen LogP contribution >= 0.6 is 63.0 Å². The fraction of sp³-hybridized carbons (Fsp3) is 0.188. The first-order valence-corrected chi connectivity index (χ1v) is 9.96. The maximum Gasteiger partial charge on any atom is 0.288 e. The summed E-state index contributed by atoms with van der Waals surface area (Å²) in [6.45, 7) is 1.41. The van der Waals surface area contributed by atoms with E-state index in [1.54, 1.807) is 30.3 Å². The van der Waals surface area contributed by atoms with Crippen molar-refractivity contribution in [2.45, 2.75) is 16.9 Å². The van der Waals surface area contributed by atoms with Crippen LogP contribution in [0, 0.1) is 0 Å². The molecule has 150 valence electrons. The average molecular weight is 529 g/mol. The highest BCUT2D eigenvalue weighted by Gasteiger charge is 2.35. The SMILES string of the molecule is CC(=O)Nc1ccc(NC(=S)N[C@H](NC(=O)c2ccc(Br)o2)C(Cl)(Cl)Cl)cc1. The van der Waals surface area contributed by atoms with Gasteiger partial charge in [-0.2, -0.15) is 0 Å². The van der Waals surface area contributed by atoms with Crippen LogP contribution in [-0.4, -0.2) is 26.9 Å². The Bertz CT molecular complexity index is 871. The number of alkyl halides is 3. The van der Waals surface area contributed by atoms with Crippen LogP contribution in [0.25, 0.3) is 0 Å². The lowest BCUT2D eigenvalue weighted by atomic mass is 10.3. The van der Waals surface area contributed by atoms with Crippen LogP contribution in [-0.2, 0) is 4.79 Å². The Labute approximate surface area is 189 Å². The third kappa shape index (κ3) is 7.14. The first kappa shape index (κ1) is 22.8. The normalized spacial score (nSPS) is 12.0. The lowest BCUT2D eigenvalue weighted by Gasteiger charge is -2.27. The van der Waals surface area contributed by atoms with Gasteiger partial charge in [0.05, 0.1) is 0 Å². The summed E-state index contributed by atoms with van der Waals surface area (Å²) in [6.07, 6.45) is -1.15. The molecule has 0 aliphatic heterocycles. The maximum atomic E-state index is 12.2. The van der Waals surface area contributed by atoms with E-state index >= 15 is 0 Å². The largest absolute Gasteiger partial charge is 0.444 e. The number of benzene rings is 1. The number of halogens is 4. The second kappa shape index (κ2) is 9.80. The minimum atomic E-state index is -1.90. The topological polar surface area (TPSA) is 95.4 Å². The van der Waals surface area contributed by atoms with Crippen molar-refractivity contribution in [2.24, 2.45) is 0 Å². The fourth-order valence-electron chi connectivity index (χ4n) is 1.98. The molecule has 0 radical (unpaired) electrons. The van der Waals surface area contributed by atoms with Crippen molar-refractivity contribution in [2.75, 3.05) is 10.6 Å². The molecule has 1 atom stereocenters. The Balaban J connectivity index is 2.00. The molecule has 0 saturated heterocycles. The summed E-state index contributed by atoms with van der Waals surface area (Å²) in [4.78, 5) is 23.3. The van der Waals surface area contributed by atoms with E-state index in [-0.39, 0.29) is 16.8 Å². The molecule has 28 heavy (non-hydrogen) atoms. The molecule has 0 spiro atoms. The summed E-state index contributed by atoms with van der Waals surface area (Å²) >= 11 is 26.1. The van der Waals surface area contributed by atoms with Gasteiger partial charge in [0.1, 0.15) is 6.17 Å². The monoisotopic (exact) mass is 526 g/mol. The first-order chi connectivity index (χ1) is 13.0. The number of rotatable bonds is 5. The van der Waals surface area contributed by atoms with Gasteiger partial charge >= 0.3 is 0 Å². The molecule has 0 aliphatic rings. The molecular formula is C16H14BrCl3N4O3S. The van der Waals surface area contributed by atoms with Gasteiger partial charge < -0.3 is 25.7 Å². The third-order valence-corrected chi connectivity index (χ3v) is 4.44. The average Bonchev–Trinajstić information content (AvgIpc) is 3.01.